The van der Waals surface area contributed by atoms with Crippen molar-refractivity contribution >= 4 is 22.5 Å². The molecule has 0 unspecified atom stereocenters. The van der Waals surface area contributed by atoms with Crippen LogP contribution in [0, 0.1) is 5.41 Å². The van der Waals surface area contributed by atoms with Crippen LogP contribution >= 0.6 is 0 Å². The maximum Gasteiger partial charge on any atom is 0.338 e. The van der Waals surface area contributed by atoms with Gasteiger partial charge in [-0.15, -0.1) is 0 Å². The smallest absolute Gasteiger partial charge is 0.338 e. The fraction of sp³-hybridized carbons (Fsp3) is 0.280. The quantitative estimate of drug-likeness (QED) is 0.537. The lowest BCUT2D eigenvalue weighted by atomic mass is 9.69. The highest BCUT2D eigenvalue weighted by molar-refractivity contribution is 5.91. The SMILES string of the molecule is C[C@@]1([C@@H](OC(=O)c2ccccc2)c2ccc3ccccc3c2)CCCCC1=O. The molecule has 0 heterocycles. The number of Topliss-reactive ketones (excluding diaryl/α,β-unsaturated/α-hetero) is 1. The second-order valence-electron chi connectivity index (χ2n) is 7.81. The van der Waals surface area contributed by atoms with Gasteiger partial charge in [0.25, 0.3) is 0 Å². The Bertz CT molecular complexity index is 1010. The van der Waals surface area contributed by atoms with Gasteiger partial charge in [-0.2, -0.15) is 0 Å². The first-order valence-corrected chi connectivity index (χ1v) is 9.86. The second-order valence-corrected chi connectivity index (χ2v) is 7.81. The largest absolute Gasteiger partial charge is 0.453 e. The van der Waals surface area contributed by atoms with E-state index in [2.05, 4.69) is 6.07 Å². The average molecular weight is 372 g/mol. The number of ether oxygens (including phenoxy) is 1. The lowest BCUT2D eigenvalue weighted by Crippen LogP contribution is -2.39. The first kappa shape index (κ1) is 18.4. The van der Waals surface area contributed by atoms with Crippen molar-refractivity contribution < 1.29 is 14.3 Å². The predicted molar refractivity (Wildman–Crippen MR) is 110 cm³/mol. The number of benzene rings is 3. The summed E-state index contributed by atoms with van der Waals surface area (Å²) in [5.41, 5.74) is 0.673. The Morgan fingerprint density at radius 2 is 1.64 bits per heavy atom. The van der Waals surface area contributed by atoms with Crippen LogP contribution in [0.1, 0.15) is 54.6 Å². The van der Waals surface area contributed by atoms with E-state index >= 15 is 0 Å². The molecule has 0 aromatic heterocycles. The molecular formula is C25H24O3. The summed E-state index contributed by atoms with van der Waals surface area (Å²) in [5.74, 6) is -0.212. The Kier molecular flexibility index (Phi) is 4.99. The van der Waals surface area contributed by atoms with Gasteiger partial charge in [0.05, 0.1) is 11.0 Å². The topological polar surface area (TPSA) is 43.4 Å². The molecular weight excluding hydrogens is 348 g/mol. The third-order valence-electron chi connectivity index (χ3n) is 5.88. The minimum Gasteiger partial charge on any atom is -0.453 e. The molecule has 2 atom stereocenters. The molecule has 0 radical (unpaired) electrons. The molecule has 3 nitrogen and oxygen atoms in total. The van der Waals surface area contributed by atoms with E-state index in [9.17, 15) is 9.59 Å². The summed E-state index contributed by atoms with van der Waals surface area (Å²) >= 11 is 0. The number of rotatable bonds is 4. The Morgan fingerprint density at radius 1 is 0.929 bits per heavy atom. The van der Waals surface area contributed by atoms with Crippen LogP contribution in [0.15, 0.2) is 72.8 Å². The zero-order valence-electron chi connectivity index (χ0n) is 16.1. The van der Waals surface area contributed by atoms with Crippen molar-refractivity contribution in [2.45, 2.75) is 38.7 Å². The molecule has 28 heavy (non-hydrogen) atoms. The van der Waals surface area contributed by atoms with Crippen molar-refractivity contribution in [2.24, 2.45) is 5.41 Å². The summed E-state index contributed by atoms with van der Waals surface area (Å²) in [4.78, 5) is 25.8. The lowest BCUT2D eigenvalue weighted by Gasteiger charge is -2.38. The first-order valence-electron chi connectivity index (χ1n) is 9.86. The van der Waals surface area contributed by atoms with Gasteiger partial charge in [0.15, 0.2) is 0 Å². The van der Waals surface area contributed by atoms with Gasteiger partial charge in [-0.05, 0) is 54.3 Å². The molecule has 1 fully saturated rings. The van der Waals surface area contributed by atoms with Crippen molar-refractivity contribution in [1.82, 2.24) is 0 Å². The van der Waals surface area contributed by atoms with Crippen molar-refractivity contribution in [3.8, 4) is 0 Å². The Hall–Kier alpha value is -2.94. The fourth-order valence-electron chi connectivity index (χ4n) is 4.17. The molecule has 3 aromatic carbocycles. The molecule has 0 aliphatic heterocycles. The van der Waals surface area contributed by atoms with Gasteiger partial charge < -0.3 is 4.74 Å². The highest BCUT2D eigenvalue weighted by Crippen LogP contribution is 2.46. The summed E-state index contributed by atoms with van der Waals surface area (Å²) in [6.07, 6.45) is 2.55. The van der Waals surface area contributed by atoms with E-state index in [0.717, 1.165) is 35.6 Å². The number of ketones is 1. The van der Waals surface area contributed by atoms with Gasteiger partial charge >= 0.3 is 5.97 Å². The van der Waals surface area contributed by atoms with Gasteiger partial charge in [-0.1, -0.05) is 61.0 Å². The third kappa shape index (κ3) is 3.45. The van der Waals surface area contributed by atoms with E-state index in [-0.39, 0.29) is 5.78 Å². The highest BCUT2D eigenvalue weighted by Gasteiger charge is 2.45. The minimum atomic E-state index is -0.703. The Balaban J connectivity index is 1.76. The molecule has 3 aromatic rings. The van der Waals surface area contributed by atoms with Crippen molar-refractivity contribution in [2.75, 3.05) is 0 Å². The maximum absolute atomic E-state index is 12.9. The zero-order chi connectivity index (χ0) is 19.6. The molecule has 142 valence electrons. The molecule has 4 rings (SSSR count). The molecule has 0 amide bonds. The Labute approximate surface area is 165 Å². The molecule has 0 saturated heterocycles. The molecule has 1 aliphatic rings. The summed E-state index contributed by atoms with van der Waals surface area (Å²) in [7, 11) is 0. The van der Waals surface area contributed by atoms with Crippen LogP contribution in [0.2, 0.25) is 0 Å². The van der Waals surface area contributed by atoms with Crippen molar-refractivity contribution in [3.05, 3.63) is 83.9 Å². The number of carbonyl (C=O) groups excluding carboxylic acids is 2. The Morgan fingerprint density at radius 3 is 2.39 bits per heavy atom. The van der Waals surface area contributed by atoms with Gasteiger partial charge in [-0.25, -0.2) is 4.79 Å². The summed E-state index contributed by atoms with van der Waals surface area (Å²) in [5, 5.41) is 2.20. The normalized spacial score (nSPS) is 20.7. The minimum absolute atomic E-state index is 0.178. The summed E-state index contributed by atoms with van der Waals surface area (Å²) < 4.78 is 6.02. The van der Waals surface area contributed by atoms with Crippen LogP contribution in [0.3, 0.4) is 0 Å². The number of hydrogen-bond donors (Lipinski definition) is 0. The standard InChI is InChI=1S/C25H24O3/c1-25(16-8-7-13-22(25)26)23(28-24(27)19-10-3-2-4-11-19)21-15-14-18-9-5-6-12-20(18)17-21/h2-6,9-12,14-15,17,23H,7-8,13,16H2,1H3/t23-,25+/m0/s1. The molecule has 1 saturated carbocycles. The van der Waals surface area contributed by atoms with Gasteiger partial charge in [0, 0.05) is 6.42 Å². The molecule has 1 aliphatic carbocycles. The summed E-state index contributed by atoms with van der Waals surface area (Å²) in [6, 6.07) is 23.1. The van der Waals surface area contributed by atoms with Crippen LogP contribution in [-0.2, 0) is 9.53 Å². The third-order valence-corrected chi connectivity index (χ3v) is 5.88. The van der Waals surface area contributed by atoms with Crippen LogP contribution < -0.4 is 0 Å². The summed E-state index contributed by atoms with van der Waals surface area (Å²) in [6.45, 7) is 1.95. The van der Waals surface area contributed by atoms with E-state index in [1.807, 2.05) is 61.5 Å². The van der Waals surface area contributed by atoms with E-state index in [4.69, 9.17) is 4.74 Å². The highest BCUT2D eigenvalue weighted by atomic mass is 16.5. The molecule has 3 heteroatoms. The van der Waals surface area contributed by atoms with Crippen LogP contribution in [0.5, 0.6) is 0 Å². The number of fused-ring (bicyclic) bond motifs is 1. The molecule has 0 spiro atoms. The predicted octanol–water partition coefficient (Wildman–Crippen LogP) is 5.89. The average Bonchev–Trinajstić information content (AvgIpc) is 2.74. The van der Waals surface area contributed by atoms with Crippen LogP contribution in [0.25, 0.3) is 10.8 Å². The maximum atomic E-state index is 12.9. The first-order chi connectivity index (χ1) is 13.6. The van der Waals surface area contributed by atoms with Crippen LogP contribution in [0.4, 0.5) is 0 Å². The monoisotopic (exact) mass is 372 g/mol. The van der Waals surface area contributed by atoms with E-state index in [0.29, 0.717) is 12.0 Å². The number of hydrogen-bond acceptors (Lipinski definition) is 3. The van der Waals surface area contributed by atoms with Gasteiger partial charge in [-0.3, -0.25) is 4.79 Å². The lowest BCUT2D eigenvalue weighted by molar-refractivity contribution is -0.138. The van der Waals surface area contributed by atoms with E-state index in [1.54, 1.807) is 12.1 Å². The van der Waals surface area contributed by atoms with Gasteiger partial charge in [0.2, 0.25) is 0 Å². The van der Waals surface area contributed by atoms with E-state index < -0.39 is 17.5 Å². The molecule has 0 N–H and O–H groups in total. The number of carbonyl (C=O) groups is 2. The zero-order valence-corrected chi connectivity index (χ0v) is 16.1. The van der Waals surface area contributed by atoms with Crippen molar-refractivity contribution in [3.63, 3.8) is 0 Å². The number of esters is 1. The van der Waals surface area contributed by atoms with E-state index in [1.165, 1.54) is 0 Å². The van der Waals surface area contributed by atoms with Gasteiger partial charge in [0.1, 0.15) is 11.9 Å². The van der Waals surface area contributed by atoms with Crippen LogP contribution in [-0.4, -0.2) is 11.8 Å². The second kappa shape index (κ2) is 7.59. The molecule has 0 bridgehead atoms. The fourth-order valence-corrected chi connectivity index (χ4v) is 4.17. The van der Waals surface area contributed by atoms with Crippen molar-refractivity contribution in [1.29, 1.82) is 0 Å².